The van der Waals surface area contributed by atoms with Crippen LogP contribution in [0.25, 0.3) is 0 Å². The van der Waals surface area contributed by atoms with Crippen LogP contribution in [0.4, 0.5) is 0 Å². The normalized spacial score (nSPS) is 8.67. The van der Waals surface area contributed by atoms with Crippen molar-refractivity contribution in [2.24, 2.45) is 0 Å². The van der Waals surface area contributed by atoms with Crippen molar-refractivity contribution in [3.8, 4) is 12.1 Å². The smallest absolute Gasteiger partial charge is 0.0908 e. The van der Waals surface area contributed by atoms with Gasteiger partial charge in [0.15, 0.2) is 0 Å². The lowest BCUT2D eigenvalue weighted by Gasteiger charge is -1.81. The van der Waals surface area contributed by atoms with E-state index < -0.39 is 0 Å². The van der Waals surface area contributed by atoms with Gasteiger partial charge in [0, 0.05) is 12.5 Å². The van der Waals surface area contributed by atoms with Gasteiger partial charge in [-0.05, 0) is 12.8 Å². The van der Waals surface area contributed by atoms with Crippen molar-refractivity contribution >= 4 is 0 Å². The molecular weight excluding hydrogens is 112 g/mol. The number of nitriles is 2. The monoisotopic (exact) mass is 120 g/mol. The van der Waals surface area contributed by atoms with Crippen LogP contribution in [0.3, 0.4) is 0 Å². The molecule has 0 spiro atoms. The molecule has 2 heteroatoms. The molecule has 0 aromatic rings. The van der Waals surface area contributed by atoms with Gasteiger partial charge in [-0.2, -0.15) is 10.5 Å². The highest BCUT2D eigenvalue weighted by Crippen LogP contribution is 1.93. The highest BCUT2D eigenvalue weighted by molar-refractivity contribution is 5.01. The Hall–Kier alpha value is -1.28. The van der Waals surface area contributed by atoms with Gasteiger partial charge in [-0.3, -0.25) is 0 Å². The van der Waals surface area contributed by atoms with Gasteiger partial charge in [0.1, 0.15) is 0 Å². The van der Waals surface area contributed by atoms with Gasteiger partial charge in [0.05, 0.1) is 12.1 Å². The van der Waals surface area contributed by atoms with E-state index in [1.54, 1.807) is 6.08 Å². The first-order chi connectivity index (χ1) is 4.41. The molecule has 0 fully saturated rings. The molecule has 0 radical (unpaired) electrons. The molecule has 0 aliphatic rings. The Morgan fingerprint density at radius 1 is 1.33 bits per heavy atom. The Morgan fingerprint density at radius 3 is 2.67 bits per heavy atom. The number of rotatable bonds is 3. The highest BCUT2D eigenvalue weighted by Gasteiger charge is 1.78. The second kappa shape index (κ2) is 6.72. The summed E-state index contributed by atoms with van der Waals surface area (Å²) in [5.74, 6) is 0. The summed E-state index contributed by atoms with van der Waals surface area (Å²) < 4.78 is 0. The van der Waals surface area contributed by atoms with Gasteiger partial charge in [0.25, 0.3) is 0 Å². The molecule has 0 aliphatic carbocycles. The molecule has 0 rings (SSSR count). The summed E-state index contributed by atoms with van der Waals surface area (Å²) in [6.45, 7) is 0. The van der Waals surface area contributed by atoms with Crippen molar-refractivity contribution in [3.05, 3.63) is 12.2 Å². The average molecular weight is 120 g/mol. The molecule has 9 heavy (non-hydrogen) atoms. The summed E-state index contributed by atoms with van der Waals surface area (Å²) in [5.41, 5.74) is 0. The average Bonchev–Trinajstić information content (AvgIpc) is 1.89. The van der Waals surface area contributed by atoms with Crippen LogP contribution in [-0.2, 0) is 0 Å². The fraction of sp³-hybridized carbons (Fsp3) is 0.429. The van der Waals surface area contributed by atoms with Gasteiger partial charge < -0.3 is 0 Å². The third-order valence-electron chi connectivity index (χ3n) is 0.852. The van der Waals surface area contributed by atoms with E-state index in [4.69, 9.17) is 10.5 Å². The van der Waals surface area contributed by atoms with E-state index in [2.05, 4.69) is 0 Å². The maximum atomic E-state index is 8.08. The van der Waals surface area contributed by atoms with E-state index in [1.165, 1.54) is 6.08 Å². The van der Waals surface area contributed by atoms with Crippen LogP contribution in [0.1, 0.15) is 19.3 Å². The first-order valence-electron chi connectivity index (χ1n) is 2.83. The summed E-state index contributed by atoms with van der Waals surface area (Å²) in [6, 6.07) is 3.91. The van der Waals surface area contributed by atoms with Gasteiger partial charge in [-0.1, -0.05) is 6.08 Å². The van der Waals surface area contributed by atoms with E-state index in [1.807, 2.05) is 12.1 Å². The fourth-order valence-corrected chi connectivity index (χ4v) is 0.435. The van der Waals surface area contributed by atoms with Crippen molar-refractivity contribution in [1.29, 1.82) is 10.5 Å². The number of hydrogen-bond acceptors (Lipinski definition) is 2. The molecule has 2 nitrogen and oxygen atoms in total. The minimum absolute atomic E-state index is 0.579. The maximum Gasteiger partial charge on any atom is 0.0908 e. The van der Waals surface area contributed by atoms with Gasteiger partial charge in [-0.25, -0.2) is 0 Å². The second-order valence-electron chi connectivity index (χ2n) is 1.58. The van der Waals surface area contributed by atoms with Gasteiger partial charge in [0.2, 0.25) is 0 Å². The molecule has 0 atom stereocenters. The molecular formula is C7H8N2. The first-order valence-corrected chi connectivity index (χ1v) is 2.83. The topological polar surface area (TPSA) is 47.6 Å². The first kappa shape index (κ1) is 7.72. The largest absolute Gasteiger partial charge is 0.198 e. The summed E-state index contributed by atoms with van der Waals surface area (Å²) in [5, 5.41) is 16.1. The highest BCUT2D eigenvalue weighted by atomic mass is 14.2. The molecule has 0 saturated carbocycles. The van der Waals surface area contributed by atoms with Crippen LogP contribution < -0.4 is 0 Å². The van der Waals surface area contributed by atoms with Crippen LogP contribution in [0.15, 0.2) is 12.2 Å². The number of hydrogen-bond donors (Lipinski definition) is 0. The Morgan fingerprint density at radius 2 is 2.11 bits per heavy atom. The zero-order chi connectivity index (χ0) is 6.95. The Bertz CT molecular complexity index is 157. The minimum atomic E-state index is 0.579. The van der Waals surface area contributed by atoms with Crippen molar-refractivity contribution in [1.82, 2.24) is 0 Å². The van der Waals surface area contributed by atoms with Crippen LogP contribution in [-0.4, -0.2) is 0 Å². The predicted octanol–water partition coefficient (Wildman–Crippen LogP) is 1.76. The van der Waals surface area contributed by atoms with E-state index in [-0.39, 0.29) is 0 Å². The summed E-state index contributed by atoms with van der Waals surface area (Å²) >= 11 is 0. The lowest BCUT2D eigenvalue weighted by molar-refractivity contribution is 0.877. The molecule has 0 saturated heterocycles. The van der Waals surface area contributed by atoms with Crippen LogP contribution in [0.5, 0.6) is 0 Å². The predicted molar refractivity (Wildman–Crippen MR) is 34.2 cm³/mol. The number of unbranched alkanes of at least 4 members (excludes halogenated alkanes) is 2. The lowest BCUT2D eigenvalue weighted by atomic mass is 10.2. The molecule has 0 N–H and O–H groups in total. The van der Waals surface area contributed by atoms with Crippen molar-refractivity contribution in [2.45, 2.75) is 19.3 Å². The molecule has 0 aliphatic heterocycles. The zero-order valence-electron chi connectivity index (χ0n) is 5.17. The Labute approximate surface area is 55.0 Å². The third kappa shape index (κ3) is 6.72. The van der Waals surface area contributed by atoms with Crippen LogP contribution >= 0.6 is 0 Å². The molecule has 0 unspecified atom stereocenters. The van der Waals surface area contributed by atoms with E-state index in [0.29, 0.717) is 6.42 Å². The van der Waals surface area contributed by atoms with Crippen LogP contribution in [0.2, 0.25) is 0 Å². The van der Waals surface area contributed by atoms with Crippen molar-refractivity contribution in [2.75, 3.05) is 0 Å². The summed E-state index contributed by atoms with van der Waals surface area (Å²) in [6.07, 6.45) is 5.49. The van der Waals surface area contributed by atoms with E-state index in [0.717, 1.165) is 12.8 Å². The maximum absolute atomic E-state index is 8.08. The molecule has 46 valence electrons. The molecule has 0 bridgehead atoms. The minimum Gasteiger partial charge on any atom is -0.198 e. The molecule has 0 aromatic carbocycles. The quantitative estimate of drug-likeness (QED) is 0.421. The van der Waals surface area contributed by atoms with Crippen molar-refractivity contribution in [3.63, 3.8) is 0 Å². The standard InChI is InChI=1S/C7H8N2/c8-6-4-2-1-3-5-7-9/h2,4H,1,3,5H2/b4-2+. The zero-order valence-corrected chi connectivity index (χ0v) is 5.17. The Balaban J connectivity index is 3.04. The van der Waals surface area contributed by atoms with E-state index in [9.17, 15) is 0 Å². The third-order valence-corrected chi connectivity index (χ3v) is 0.852. The number of nitrogens with zero attached hydrogens (tertiary/aromatic N) is 2. The summed E-state index contributed by atoms with van der Waals surface area (Å²) in [7, 11) is 0. The van der Waals surface area contributed by atoms with Gasteiger partial charge in [-0.15, -0.1) is 0 Å². The van der Waals surface area contributed by atoms with Gasteiger partial charge >= 0.3 is 0 Å². The Kier molecular flexibility index (Phi) is 5.76. The SMILES string of the molecule is N#C/C=C/CCCC#N. The van der Waals surface area contributed by atoms with E-state index >= 15 is 0 Å². The van der Waals surface area contributed by atoms with Crippen molar-refractivity contribution < 1.29 is 0 Å². The van der Waals surface area contributed by atoms with Crippen LogP contribution in [0, 0.1) is 22.7 Å². The number of allylic oxidation sites excluding steroid dienone is 2. The fourth-order valence-electron chi connectivity index (χ4n) is 0.435. The lowest BCUT2D eigenvalue weighted by Crippen LogP contribution is -1.66. The molecule has 0 amide bonds. The molecule has 0 heterocycles. The summed E-state index contributed by atoms with van der Waals surface area (Å²) in [4.78, 5) is 0. The molecule has 0 aromatic heterocycles. The second-order valence-corrected chi connectivity index (χ2v) is 1.58.